The molecule has 18 heavy (non-hydrogen) atoms. The lowest BCUT2D eigenvalue weighted by Crippen LogP contribution is -2.16. The van der Waals surface area contributed by atoms with Crippen molar-refractivity contribution in [2.45, 2.75) is 25.1 Å². The van der Waals surface area contributed by atoms with Crippen molar-refractivity contribution in [3.8, 4) is 5.75 Å². The fourth-order valence-electron chi connectivity index (χ4n) is 1.59. The smallest absolute Gasteiger partial charge is 0.303 e. The fourth-order valence-corrected chi connectivity index (χ4v) is 1.83. The molecule has 0 spiro atoms. The summed E-state index contributed by atoms with van der Waals surface area (Å²) in [4.78, 5) is 22.4. The number of carboxylic acids is 1. The number of carbonyl (C=O) groups excluding carboxylic acids is 1. The van der Waals surface area contributed by atoms with Gasteiger partial charge in [0.1, 0.15) is 5.75 Å². The van der Waals surface area contributed by atoms with Crippen LogP contribution in [0.15, 0.2) is 18.2 Å². The first kappa shape index (κ1) is 14.5. The van der Waals surface area contributed by atoms with Crippen molar-refractivity contribution >= 4 is 23.4 Å². The predicted octanol–water partition coefficient (Wildman–Crippen LogP) is 2.66. The van der Waals surface area contributed by atoms with Gasteiger partial charge in [-0.3, -0.25) is 9.59 Å². The molecule has 0 aromatic heterocycles. The van der Waals surface area contributed by atoms with Crippen molar-refractivity contribution in [2.24, 2.45) is 0 Å². The number of carboxylic acid groups (broad SMARTS) is 1. The van der Waals surface area contributed by atoms with E-state index in [2.05, 4.69) is 0 Å². The lowest BCUT2D eigenvalue weighted by molar-refractivity contribution is -0.137. The standard InChI is InChI=1S/C13H15ClO4/c1-8-7-9(3-5-11(8)18-2)13(17)10(14)4-6-12(15)16/h3,5,7,10H,4,6H2,1-2H3,(H,15,16). The van der Waals surface area contributed by atoms with Gasteiger partial charge in [-0.05, 0) is 37.1 Å². The largest absolute Gasteiger partial charge is 0.496 e. The number of Topliss-reactive ketones (excluding diaryl/α,β-unsaturated/α-hetero) is 1. The zero-order chi connectivity index (χ0) is 13.7. The number of rotatable bonds is 6. The van der Waals surface area contributed by atoms with Gasteiger partial charge in [0.05, 0.1) is 12.5 Å². The van der Waals surface area contributed by atoms with Crippen LogP contribution >= 0.6 is 11.6 Å². The van der Waals surface area contributed by atoms with E-state index in [0.717, 1.165) is 5.56 Å². The SMILES string of the molecule is COc1ccc(C(=O)C(Cl)CCC(=O)O)cc1C. The third kappa shape index (κ3) is 3.74. The van der Waals surface area contributed by atoms with Gasteiger partial charge in [0, 0.05) is 12.0 Å². The molecule has 1 aromatic carbocycles. The Bertz CT molecular complexity index is 456. The molecule has 98 valence electrons. The summed E-state index contributed by atoms with van der Waals surface area (Å²) in [5.74, 6) is -0.522. The molecule has 0 fully saturated rings. The molecule has 0 aliphatic heterocycles. The molecule has 0 saturated carbocycles. The Morgan fingerprint density at radius 1 is 1.44 bits per heavy atom. The molecular weight excluding hydrogens is 256 g/mol. The summed E-state index contributed by atoms with van der Waals surface area (Å²) in [6.45, 7) is 1.83. The first-order chi connectivity index (χ1) is 8.45. The summed E-state index contributed by atoms with van der Waals surface area (Å²) < 4.78 is 5.10. The van der Waals surface area contributed by atoms with Crippen LogP contribution in [0, 0.1) is 6.92 Å². The van der Waals surface area contributed by atoms with Crippen LogP contribution in [0.25, 0.3) is 0 Å². The number of carbonyl (C=O) groups is 2. The highest BCUT2D eigenvalue weighted by molar-refractivity contribution is 6.34. The highest BCUT2D eigenvalue weighted by Gasteiger charge is 2.19. The number of alkyl halides is 1. The van der Waals surface area contributed by atoms with Crippen LogP contribution < -0.4 is 4.74 Å². The van der Waals surface area contributed by atoms with Crippen molar-refractivity contribution < 1.29 is 19.4 Å². The average Bonchev–Trinajstić information content (AvgIpc) is 2.34. The van der Waals surface area contributed by atoms with E-state index in [1.54, 1.807) is 25.3 Å². The van der Waals surface area contributed by atoms with Crippen molar-refractivity contribution in [2.75, 3.05) is 7.11 Å². The number of aryl methyl sites for hydroxylation is 1. The van der Waals surface area contributed by atoms with Gasteiger partial charge in [0.15, 0.2) is 5.78 Å². The van der Waals surface area contributed by atoms with E-state index in [0.29, 0.717) is 11.3 Å². The molecule has 0 bridgehead atoms. The van der Waals surface area contributed by atoms with Gasteiger partial charge in [0.2, 0.25) is 0 Å². The Labute approximate surface area is 111 Å². The Morgan fingerprint density at radius 3 is 2.61 bits per heavy atom. The molecule has 0 heterocycles. The maximum Gasteiger partial charge on any atom is 0.303 e. The maximum absolute atomic E-state index is 11.9. The van der Waals surface area contributed by atoms with Crippen LogP contribution in [0.4, 0.5) is 0 Å². The lowest BCUT2D eigenvalue weighted by atomic mass is 10.0. The third-order valence-electron chi connectivity index (χ3n) is 2.58. The summed E-state index contributed by atoms with van der Waals surface area (Å²) in [6, 6.07) is 5.02. The van der Waals surface area contributed by atoms with Gasteiger partial charge in [-0.2, -0.15) is 0 Å². The van der Waals surface area contributed by atoms with Crippen LogP contribution in [0.3, 0.4) is 0 Å². The number of hydrogen-bond donors (Lipinski definition) is 1. The van der Waals surface area contributed by atoms with Crippen LogP contribution in [-0.2, 0) is 4.79 Å². The van der Waals surface area contributed by atoms with Crippen molar-refractivity contribution in [1.29, 1.82) is 0 Å². The molecule has 0 radical (unpaired) electrons. The van der Waals surface area contributed by atoms with Crippen LogP contribution in [0.5, 0.6) is 5.75 Å². The van der Waals surface area contributed by atoms with E-state index in [1.165, 1.54) is 0 Å². The summed E-state index contributed by atoms with van der Waals surface area (Å²) in [5.41, 5.74) is 1.31. The average molecular weight is 271 g/mol. The summed E-state index contributed by atoms with van der Waals surface area (Å²) >= 11 is 5.89. The van der Waals surface area contributed by atoms with Gasteiger partial charge < -0.3 is 9.84 Å². The second-order valence-corrected chi connectivity index (χ2v) is 4.48. The number of halogens is 1. The molecular formula is C13H15ClO4. The number of methoxy groups -OCH3 is 1. The molecule has 0 amide bonds. The first-order valence-corrected chi connectivity index (χ1v) is 5.94. The minimum absolute atomic E-state index is 0.116. The number of ketones is 1. The summed E-state index contributed by atoms with van der Waals surface area (Å²) in [7, 11) is 1.56. The van der Waals surface area contributed by atoms with Crippen LogP contribution in [-0.4, -0.2) is 29.3 Å². The van der Waals surface area contributed by atoms with E-state index < -0.39 is 11.3 Å². The highest BCUT2D eigenvalue weighted by atomic mass is 35.5. The van der Waals surface area contributed by atoms with Crippen LogP contribution in [0.2, 0.25) is 0 Å². The van der Waals surface area contributed by atoms with Crippen molar-refractivity contribution in [3.63, 3.8) is 0 Å². The van der Waals surface area contributed by atoms with E-state index in [1.807, 2.05) is 6.92 Å². The summed E-state index contributed by atoms with van der Waals surface area (Å²) in [5, 5.41) is 7.73. The van der Waals surface area contributed by atoms with Gasteiger partial charge in [0.25, 0.3) is 0 Å². The Balaban J connectivity index is 2.77. The monoisotopic (exact) mass is 270 g/mol. The Morgan fingerprint density at radius 2 is 2.11 bits per heavy atom. The van der Waals surface area contributed by atoms with E-state index in [4.69, 9.17) is 21.4 Å². The highest BCUT2D eigenvalue weighted by Crippen LogP contribution is 2.21. The molecule has 1 unspecified atom stereocenters. The second kappa shape index (κ2) is 6.40. The Hall–Kier alpha value is -1.55. The van der Waals surface area contributed by atoms with Gasteiger partial charge >= 0.3 is 5.97 Å². The van der Waals surface area contributed by atoms with E-state index >= 15 is 0 Å². The zero-order valence-electron chi connectivity index (χ0n) is 10.3. The number of hydrogen-bond acceptors (Lipinski definition) is 3. The number of aliphatic carboxylic acids is 1. The normalized spacial score (nSPS) is 11.9. The van der Waals surface area contributed by atoms with E-state index in [-0.39, 0.29) is 18.6 Å². The Kier molecular flexibility index (Phi) is 5.16. The van der Waals surface area contributed by atoms with Crippen LogP contribution in [0.1, 0.15) is 28.8 Å². The minimum Gasteiger partial charge on any atom is -0.496 e. The predicted molar refractivity (Wildman–Crippen MR) is 68.6 cm³/mol. The molecule has 5 heteroatoms. The van der Waals surface area contributed by atoms with Crippen molar-refractivity contribution in [3.05, 3.63) is 29.3 Å². The zero-order valence-corrected chi connectivity index (χ0v) is 11.0. The topological polar surface area (TPSA) is 63.6 Å². The van der Waals surface area contributed by atoms with E-state index in [9.17, 15) is 9.59 Å². The second-order valence-electron chi connectivity index (χ2n) is 3.95. The van der Waals surface area contributed by atoms with Gasteiger partial charge in [-0.15, -0.1) is 11.6 Å². The molecule has 1 rings (SSSR count). The number of ether oxygens (including phenoxy) is 1. The van der Waals surface area contributed by atoms with Gasteiger partial charge in [-0.25, -0.2) is 0 Å². The maximum atomic E-state index is 11.9. The minimum atomic E-state index is -0.959. The first-order valence-electron chi connectivity index (χ1n) is 5.50. The molecule has 1 N–H and O–H groups in total. The molecule has 1 atom stereocenters. The molecule has 1 aromatic rings. The molecule has 0 aliphatic rings. The van der Waals surface area contributed by atoms with Gasteiger partial charge in [-0.1, -0.05) is 0 Å². The quantitative estimate of drug-likeness (QED) is 0.638. The molecule has 0 saturated heterocycles. The lowest BCUT2D eigenvalue weighted by Gasteiger charge is -2.09. The molecule has 0 aliphatic carbocycles. The summed E-state index contributed by atoms with van der Waals surface area (Å²) in [6.07, 6.45) is 0.00976. The third-order valence-corrected chi connectivity index (χ3v) is 2.99. The van der Waals surface area contributed by atoms with Crippen molar-refractivity contribution in [1.82, 2.24) is 0 Å². The molecule has 4 nitrogen and oxygen atoms in total. The fraction of sp³-hybridized carbons (Fsp3) is 0.385. The number of benzene rings is 1.